The van der Waals surface area contributed by atoms with Gasteiger partial charge in [0.15, 0.2) is 0 Å². The maximum absolute atomic E-state index is 13.3. The van der Waals surface area contributed by atoms with Crippen LogP contribution in [-0.2, 0) is 24.6 Å². The number of likely N-dealkylation sites (N-methyl/N-ethyl adjacent to an activating group) is 1. The molecule has 0 atom stereocenters. The maximum Gasteiger partial charge on any atom is 0.416 e. The highest BCUT2D eigenvalue weighted by Gasteiger charge is 2.34. The van der Waals surface area contributed by atoms with Gasteiger partial charge >= 0.3 is 6.18 Å². The molecule has 3 rings (SSSR count). The second kappa shape index (κ2) is 7.65. The summed E-state index contributed by atoms with van der Waals surface area (Å²) < 4.78 is 39.9. The smallest absolute Gasteiger partial charge is 0.321 e. The lowest BCUT2D eigenvalue weighted by molar-refractivity contribution is -0.138. The lowest BCUT2D eigenvalue weighted by atomic mass is 9.78. The molecule has 0 aromatic heterocycles. The highest BCUT2D eigenvalue weighted by molar-refractivity contribution is 6.34. The number of carbonyl (C=O) groups excluding carboxylic acids is 1. The molecule has 7 heteroatoms. The first-order chi connectivity index (χ1) is 13.4. The molecule has 1 N–H and O–H groups in total. The third-order valence-corrected chi connectivity index (χ3v) is 5.80. The lowest BCUT2D eigenvalue weighted by Crippen LogP contribution is -2.40. The van der Waals surface area contributed by atoms with Crippen molar-refractivity contribution < 1.29 is 18.0 Å². The molecule has 1 amide bonds. The summed E-state index contributed by atoms with van der Waals surface area (Å²) >= 11 is 6.58. The Morgan fingerprint density at radius 1 is 1.24 bits per heavy atom. The van der Waals surface area contributed by atoms with E-state index in [9.17, 15) is 18.0 Å². The van der Waals surface area contributed by atoms with Gasteiger partial charge in [-0.15, -0.1) is 0 Å². The highest BCUT2D eigenvalue weighted by Crippen LogP contribution is 2.40. The molecule has 156 valence electrons. The number of hydrogen-bond donors (Lipinski definition) is 1. The Balaban J connectivity index is 1.94. The van der Waals surface area contributed by atoms with Crippen LogP contribution in [0.25, 0.3) is 0 Å². The van der Waals surface area contributed by atoms with Crippen molar-refractivity contribution in [1.82, 2.24) is 4.90 Å². The minimum absolute atomic E-state index is 0.0549. The molecular weight excluding hydrogens is 401 g/mol. The number of nitrogens with zero attached hydrogens (tertiary/aromatic N) is 1. The van der Waals surface area contributed by atoms with Gasteiger partial charge in [0, 0.05) is 24.1 Å². The number of halogens is 4. The van der Waals surface area contributed by atoms with Gasteiger partial charge in [-0.3, -0.25) is 4.79 Å². The zero-order valence-corrected chi connectivity index (χ0v) is 17.6. The number of hydrogen-bond acceptors (Lipinski definition) is 2. The van der Waals surface area contributed by atoms with Crippen LogP contribution in [0, 0.1) is 0 Å². The van der Waals surface area contributed by atoms with Crippen LogP contribution in [0.3, 0.4) is 0 Å². The van der Waals surface area contributed by atoms with Gasteiger partial charge in [-0.05, 0) is 48.4 Å². The van der Waals surface area contributed by atoms with E-state index in [1.54, 1.807) is 13.0 Å². The van der Waals surface area contributed by atoms with E-state index in [-0.39, 0.29) is 23.0 Å². The number of benzene rings is 2. The van der Waals surface area contributed by atoms with Crippen molar-refractivity contribution in [1.29, 1.82) is 0 Å². The number of carbonyl (C=O) groups is 1. The molecule has 0 radical (unpaired) electrons. The van der Waals surface area contributed by atoms with E-state index in [1.807, 2.05) is 13.1 Å². The number of anilines is 1. The standard InChI is InChI=1S/C22H24ClF3N2O/c1-5-13-6-7-14(10-17(13)22(24,25)26)20(29)27-18-9-8-16-15(19(18)23)11-28(4)12-21(16,2)3/h6-10H,5,11-12H2,1-4H3,(H,27,29). The molecule has 3 nitrogen and oxygen atoms in total. The summed E-state index contributed by atoms with van der Waals surface area (Å²) in [4.78, 5) is 14.8. The topological polar surface area (TPSA) is 32.3 Å². The van der Waals surface area contributed by atoms with Gasteiger partial charge in [0.25, 0.3) is 5.91 Å². The highest BCUT2D eigenvalue weighted by atomic mass is 35.5. The Morgan fingerprint density at radius 2 is 1.93 bits per heavy atom. The zero-order valence-electron chi connectivity index (χ0n) is 16.9. The minimum atomic E-state index is -4.51. The molecule has 1 heterocycles. The number of rotatable bonds is 3. The van der Waals surface area contributed by atoms with E-state index in [4.69, 9.17) is 11.6 Å². The second-order valence-corrected chi connectivity index (χ2v) is 8.56. The van der Waals surface area contributed by atoms with Crippen molar-refractivity contribution in [3.8, 4) is 0 Å². The molecule has 2 aromatic carbocycles. The zero-order chi connectivity index (χ0) is 21.6. The first-order valence-corrected chi connectivity index (χ1v) is 9.83. The van der Waals surface area contributed by atoms with Gasteiger partial charge in [-0.25, -0.2) is 0 Å². The molecule has 2 aromatic rings. The summed E-state index contributed by atoms with van der Waals surface area (Å²) in [5.74, 6) is -0.622. The van der Waals surface area contributed by atoms with Crippen LogP contribution in [0.4, 0.5) is 18.9 Å². The van der Waals surface area contributed by atoms with E-state index >= 15 is 0 Å². The predicted octanol–water partition coefficient (Wildman–Crippen LogP) is 5.90. The van der Waals surface area contributed by atoms with Gasteiger partial charge in [0.2, 0.25) is 0 Å². The van der Waals surface area contributed by atoms with E-state index in [0.717, 1.165) is 23.7 Å². The Labute approximate surface area is 173 Å². The van der Waals surface area contributed by atoms with Gasteiger partial charge in [0.05, 0.1) is 16.3 Å². The largest absolute Gasteiger partial charge is 0.416 e. The Kier molecular flexibility index (Phi) is 5.71. The summed E-state index contributed by atoms with van der Waals surface area (Å²) in [7, 11) is 2.00. The van der Waals surface area contributed by atoms with Crippen molar-refractivity contribution in [2.24, 2.45) is 0 Å². The number of fused-ring (bicyclic) bond motifs is 1. The van der Waals surface area contributed by atoms with E-state index in [2.05, 4.69) is 24.1 Å². The van der Waals surface area contributed by atoms with Gasteiger partial charge in [0.1, 0.15) is 0 Å². The monoisotopic (exact) mass is 424 g/mol. The molecule has 0 saturated heterocycles. The third-order valence-electron chi connectivity index (χ3n) is 5.37. The van der Waals surface area contributed by atoms with Crippen LogP contribution in [0.15, 0.2) is 30.3 Å². The number of aryl methyl sites for hydroxylation is 1. The normalized spacial score (nSPS) is 16.4. The average Bonchev–Trinajstić information content (AvgIpc) is 2.62. The minimum Gasteiger partial charge on any atom is -0.321 e. The van der Waals surface area contributed by atoms with Gasteiger partial charge in [-0.1, -0.05) is 44.5 Å². The fourth-order valence-electron chi connectivity index (χ4n) is 4.08. The lowest BCUT2D eigenvalue weighted by Gasteiger charge is -2.39. The average molecular weight is 425 g/mol. The fraction of sp³-hybridized carbons (Fsp3) is 0.409. The summed E-state index contributed by atoms with van der Waals surface area (Å²) in [6.45, 7) is 7.43. The van der Waals surface area contributed by atoms with Crippen LogP contribution in [0.5, 0.6) is 0 Å². The van der Waals surface area contributed by atoms with Crippen LogP contribution >= 0.6 is 11.6 Å². The summed E-state index contributed by atoms with van der Waals surface area (Å²) in [5.41, 5.74) is 1.67. The number of nitrogens with one attached hydrogen (secondary N) is 1. The Bertz CT molecular complexity index is 954. The molecule has 0 saturated carbocycles. The first-order valence-electron chi connectivity index (χ1n) is 9.46. The number of alkyl halides is 3. The maximum atomic E-state index is 13.3. The van der Waals surface area contributed by atoms with Crippen molar-refractivity contribution in [3.63, 3.8) is 0 Å². The molecule has 0 fully saturated rings. The van der Waals surface area contributed by atoms with Gasteiger partial charge in [-0.2, -0.15) is 13.2 Å². The Hall–Kier alpha value is -2.05. The summed E-state index contributed by atoms with van der Waals surface area (Å²) in [6, 6.07) is 7.32. The van der Waals surface area contributed by atoms with Gasteiger partial charge < -0.3 is 10.2 Å². The molecule has 29 heavy (non-hydrogen) atoms. The van der Waals surface area contributed by atoms with Crippen LogP contribution in [0.2, 0.25) is 5.02 Å². The van der Waals surface area contributed by atoms with E-state index in [1.165, 1.54) is 12.1 Å². The van der Waals surface area contributed by atoms with Crippen molar-refractivity contribution in [2.45, 2.75) is 45.3 Å². The molecule has 1 aliphatic rings. The second-order valence-electron chi connectivity index (χ2n) is 8.19. The molecule has 0 unspecified atom stereocenters. The predicted molar refractivity (Wildman–Crippen MR) is 110 cm³/mol. The SMILES string of the molecule is CCc1ccc(C(=O)Nc2ccc3c(c2Cl)CN(C)CC3(C)C)cc1C(F)(F)F. The van der Waals surface area contributed by atoms with E-state index in [0.29, 0.717) is 17.3 Å². The number of amides is 1. The van der Waals surface area contributed by atoms with Crippen LogP contribution < -0.4 is 5.32 Å². The van der Waals surface area contributed by atoms with E-state index < -0.39 is 17.6 Å². The van der Waals surface area contributed by atoms with Crippen molar-refractivity contribution >= 4 is 23.2 Å². The van der Waals surface area contributed by atoms with Crippen LogP contribution in [-0.4, -0.2) is 24.4 Å². The Morgan fingerprint density at radius 3 is 2.55 bits per heavy atom. The molecule has 0 bridgehead atoms. The van der Waals surface area contributed by atoms with Crippen molar-refractivity contribution in [2.75, 3.05) is 18.9 Å². The van der Waals surface area contributed by atoms with Crippen LogP contribution in [0.1, 0.15) is 53.4 Å². The first kappa shape index (κ1) is 21.7. The molecule has 0 aliphatic carbocycles. The fourth-order valence-corrected chi connectivity index (χ4v) is 4.35. The third kappa shape index (κ3) is 4.28. The quantitative estimate of drug-likeness (QED) is 0.665. The molecule has 0 spiro atoms. The summed E-state index contributed by atoms with van der Waals surface area (Å²) in [6.07, 6.45) is -4.28. The van der Waals surface area contributed by atoms with Crippen molar-refractivity contribution in [3.05, 3.63) is 63.2 Å². The molecular formula is C22H24ClF3N2O. The summed E-state index contributed by atoms with van der Waals surface area (Å²) in [5, 5.41) is 3.11. The molecule has 1 aliphatic heterocycles.